The summed E-state index contributed by atoms with van der Waals surface area (Å²) in [5, 5.41) is 8.53. The van der Waals surface area contributed by atoms with Gasteiger partial charge in [-0.15, -0.1) is 11.3 Å². The van der Waals surface area contributed by atoms with Crippen LogP contribution in [0.15, 0.2) is 66.0 Å². The summed E-state index contributed by atoms with van der Waals surface area (Å²) in [6.07, 6.45) is 4.08. The summed E-state index contributed by atoms with van der Waals surface area (Å²) in [6.45, 7) is 0. The van der Waals surface area contributed by atoms with Crippen molar-refractivity contribution in [3.8, 4) is 0 Å². The minimum atomic E-state index is -0.347. The monoisotopic (exact) mass is 407 g/mol. The molecule has 1 atom stereocenters. The number of carbonyl (C=O) groups excluding carboxylic acids is 1. The maximum Gasteiger partial charge on any atom is 0.252 e. The van der Waals surface area contributed by atoms with Gasteiger partial charge in [0.2, 0.25) is 0 Å². The first-order chi connectivity index (χ1) is 14.2. The van der Waals surface area contributed by atoms with E-state index in [2.05, 4.69) is 46.1 Å². The van der Waals surface area contributed by atoms with Gasteiger partial charge < -0.3 is 10.7 Å². The first kappa shape index (κ1) is 18.3. The van der Waals surface area contributed by atoms with E-state index in [0.717, 1.165) is 36.2 Å². The molecule has 4 nitrogen and oxygen atoms in total. The third-order valence-corrected chi connectivity index (χ3v) is 6.88. The number of halogens is 1. The number of thiophene rings is 1. The Bertz CT molecular complexity index is 1010. The predicted molar refractivity (Wildman–Crippen MR) is 113 cm³/mol. The Morgan fingerprint density at radius 2 is 1.79 bits per heavy atom. The zero-order chi connectivity index (χ0) is 19.8. The highest BCUT2D eigenvalue weighted by Gasteiger charge is 2.49. The molecule has 1 unspecified atom stereocenters. The zero-order valence-electron chi connectivity index (χ0n) is 15.9. The largest absolute Gasteiger partial charge is 0.331 e. The molecular formula is C23H22FN3OS. The fraction of sp³-hybridized carbons (Fsp3) is 0.261. The highest BCUT2D eigenvalue weighted by Crippen LogP contribution is 2.51. The van der Waals surface area contributed by atoms with E-state index in [1.807, 2.05) is 11.4 Å². The molecule has 2 N–H and O–H groups in total. The van der Waals surface area contributed by atoms with Crippen LogP contribution >= 0.6 is 11.3 Å². The second-order valence-corrected chi connectivity index (χ2v) is 8.59. The number of carbonyl (C=O) groups is 1. The number of anilines is 1. The minimum absolute atomic E-state index is 0.180. The normalized spacial score (nSPS) is 20.2. The fourth-order valence-electron chi connectivity index (χ4n) is 4.62. The topological polar surface area (TPSA) is 44.4 Å². The number of nitrogens with one attached hydrogen (secondary N) is 2. The molecule has 0 bridgehead atoms. The number of hydrazine groups is 1. The van der Waals surface area contributed by atoms with Crippen molar-refractivity contribution in [1.29, 1.82) is 0 Å². The van der Waals surface area contributed by atoms with Gasteiger partial charge in [-0.2, -0.15) is 5.01 Å². The Morgan fingerprint density at radius 1 is 1.07 bits per heavy atom. The van der Waals surface area contributed by atoms with E-state index in [9.17, 15) is 9.18 Å². The molecule has 3 aromatic rings. The first-order valence-electron chi connectivity index (χ1n) is 9.93. The van der Waals surface area contributed by atoms with Crippen LogP contribution in [0.2, 0.25) is 0 Å². The van der Waals surface area contributed by atoms with Crippen molar-refractivity contribution in [3.63, 3.8) is 0 Å². The van der Waals surface area contributed by atoms with Gasteiger partial charge in [0.05, 0.1) is 5.54 Å². The Balaban J connectivity index is 1.51. The van der Waals surface area contributed by atoms with E-state index in [-0.39, 0.29) is 23.4 Å². The van der Waals surface area contributed by atoms with Crippen molar-refractivity contribution >= 4 is 22.2 Å². The summed E-state index contributed by atoms with van der Waals surface area (Å²) in [7, 11) is 0. The third-order valence-electron chi connectivity index (χ3n) is 6.05. The Hall–Kier alpha value is -2.70. The van der Waals surface area contributed by atoms with E-state index in [0.29, 0.717) is 5.56 Å². The molecule has 6 heteroatoms. The average molecular weight is 408 g/mol. The SMILES string of the molecule is O=C(NC1c2ccsc2NN1C1(c2ccccc2)CCCC1)c1ccc(F)cc1. The average Bonchev–Trinajstić information content (AvgIpc) is 3.47. The molecule has 1 aromatic heterocycles. The molecule has 5 rings (SSSR count). The fourth-order valence-corrected chi connectivity index (χ4v) is 5.44. The lowest BCUT2D eigenvalue weighted by Crippen LogP contribution is -2.51. The third kappa shape index (κ3) is 3.12. The lowest BCUT2D eigenvalue weighted by Gasteiger charge is -2.42. The van der Waals surface area contributed by atoms with Crippen LogP contribution in [0.3, 0.4) is 0 Å². The standard InChI is InChI=1S/C23H22FN3OS/c24-18-10-8-16(9-11-18)21(28)25-20-19-12-15-29-22(19)26-27(20)23(13-4-5-14-23)17-6-2-1-3-7-17/h1-3,6-12,15,20,26H,4-5,13-14H2,(H,25,28). The van der Waals surface area contributed by atoms with Gasteiger partial charge in [0.1, 0.15) is 17.0 Å². The lowest BCUT2D eigenvalue weighted by molar-refractivity contribution is 0.0558. The smallest absolute Gasteiger partial charge is 0.252 e. The van der Waals surface area contributed by atoms with Crippen molar-refractivity contribution in [3.05, 3.63) is 88.6 Å². The molecule has 1 amide bonds. The molecule has 0 saturated heterocycles. The van der Waals surface area contributed by atoms with E-state index < -0.39 is 0 Å². The van der Waals surface area contributed by atoms with Crippen molar-refractivity contribution in [1.82, 2.24) is 10.3 Å². The first-order valence-corrected chi connectivity index (χ1v) is 10.8. The number of benzene rings is 2. The van der Waals surface area contributed by atoms with Crippen molar-refractivity contribution in [2.24, 2.45) is 0 Å². The van der Waals surface area contributed by atoms with Crippen LogP contribution in [0.25, 0.3) is 0 Å². The lowest BCUT2D eigenvalue weighted by atomic mass is 9.87. The molecule has 1 aliphatic carbocycles. The minimum Gasteiger partial charge on any atom is -0.331 e. The van der Waals surface area contributed by atoms with Gasteiger partial charge in [-0.1, -0.05) is 43.2 Å². The summed E-state index contributed by atoms with van der Waals surface area (Å²) in [4.78, 5) is 13.0. The molecule has 1 aliphatic heterocycles. The van der Waals surface area contributed by atoms with Crippen LogP contribution in [-0.4, -0.2) is 10.9 Å². The van der Waals surface area contributed by atoms with E-state index in [4.69, 9.17) is 0 Å². The number of hydrogen-bond acceptors (Lipinski definition) is 4. The highest BCUT2D eigenvalue weighted by molar-refractivity contribution is 7.14. The molecule has 2 aliphatic rings. The summed E-state index contributed by atoms with van der Waals surface area (Å²) in [5.74, 6) is -0.554. The molecule has 2 aromatic carbocycles. The van der Waals surface area contributed by atoms with Gasteiger partial charge in [0.25, 0.3) is 5.91 Å². The number of amides is 1. The van der Waals surface area contributed by atoms with Gasteiger partial charge >= 0.3 is 0 Å². The Kier molecular flexibility index (Phi) is 4.60. The van der Waals surface area contributed by atoms with Crippen LogP contribution in [0, 0.1) is 5.82 Å². The predicted octanol–water partition coefficient (Wildman–Crippen LogP) is 5.43. The van der Waals surface area contributed by atoms with E-state index >= 15 is 0 Å². The summed E-state index contributed by atoms with van der Waals surface area (Å²) in [5.41, 5.74) is 6.20. The maximum atomic E-state index is 13.3. The maximum absolute atomic E-state index is 13.3. The molecule has 1 saturated carbocycles. The van der Waals surface area contributed by atoms with Crippen LogP contribution in [-0.2, 0) is 5.54 Å². The van der Waals surface area contributed by atoms with E-state index in [1.165, 1.54) is 29.8 Å². The second-order valence-electron chi connectivity index (χ2n) is 7.67. The van der Waals surface area contributed by atoms with Crippen LogP contribution in [0.5, 0.6) is 0 Å². The van der Waals surface area contributed by atoms with Crippen molar-refractivity contribution < 1.29 is 9.18 Å². The number of rotatable bonds is 4. The summed E-state index contributed by atoms with van der Waals surface area (Å²) in [6, 6.07) is 18.3. The molecule has 1 fully saturated rings. The number of hydrogen-bond donors (Lipinski definition) is 2. The molecule has 29 heavy (non-hydrogen) atoms. The Morgan fingerprint density at radius 3 is 2.52 bits per heavy atom. The molecule has 148 valence electrons. The molecular weight excluding hydrogens is 385 g/mol. The van der Waals surface area contributed by atoms with Crippen molar-refractivity contribution in [2.75, 3.05) is 5.43 Å². The van der Waals surface area contributed by atoms with Gasteiger partial charge in [-0.3, -0.25) is 4.79 Å². The van der Waals surface area contributed by atoms with Crippen LogP contribution < -0.4 is 10.7 Å². The second kappa shape index (κ2) is 7.28. The quantitative estimate of drug-likeness (QED) is 0.606. The van der Waals surface area contributed by atoms with Gasteiger partial charge in [0, 0.05) is 11.1 Å². The zero-order valence-corrected chi connectivity index (χ0v) is 16.7. The summed E-state index contributed by atoms with van der Waals surface area (Å²) < 4.78 is 13.3. The Labute approximate surface area is 173 Å². The highest BCUT2D eigenvalue weighted by atomic mass is 32.1. The van der Waals surface area contributed by atoms with Gasteiger partial charge in [0.15, 0.2) is 0 Å². The molecule has 0 radical (unpaired) electrons. The number of nitrogens with zero attached hydrogens (tertiary/aromatic N) is 1. The van der Waals surface area contributed by atoms with E-state index in [1.54, 1.807) is 11.3 Å². The van der Waals surface area contributed by atoms with Gasteiger partial charge in [-0.05, 0) is 54.1 Å². The van der Waals surface area contributed by atoms with Crippen LogP contribution in [0.1, 0.15) is 53.3 Å². The summed E-state index contributed by atoms with van der Waals surface area (Å²) >= 11 is 1.64. The molecule has 2 heterocycles. The number of fused-ring (bicyclic) bond motifs is 1. The van der Waals surface area contributed by atoms with Crippen molar-refractivity contribution in [2.45, 2.75) is 37.4 Å². The van der Waals surface area contributed by atoms with Gasteiger partial charge in [-0.25, -0.2) is 4.39 Å². The molecule has 0 spiro atoms. The van der Waals surface area contributed by atoms with Crippen LogP contribution in [0.4, 0.5) is 9.39 Å².